The Kier molecular flexibility index (Phi) is 5.88. The highest BCUT2D eigenvalue weighted by molar-refractivity contribution is 6.21. The Morgan fingerprint density at radius 1 is 1.29 bits per heavy atom. The number of imide groups is 1. The molecule has 0 aliphatic carbocycles. The van der Waals surface area contributed by atoms with E-state index in [0.717, 1.165) is 0 Å². The average molecular weight is 335 g/mol. The zero-order valence-corrected chi connectivity index (χ0v) is 13.7. The van der Waals surface area contributed by atoms with Gasteiger partial charge in [0.05, 0.1) is 17.2 Å². The summed E-state index contributed by atoms with van der Waals surface area (Å²) < 4.78 is 4.93. The maximum atomic E-state index is 12.4. The Hall–Kier alpha value is -2.45. The molecule has 3 N–H and O–H groups in total. The Labute approximate surface area is 139 Å². The average Bonchev–Trinajstić information content (AvgIpc) is 2.78. The number of rotatable bonds is 7. The quantitative estimate of drug-likeness (QED) is 0.505. The van der Waals surface area contributed by atoms with Crippen molar-refractivity contribution in [2.24, 2.45) is 0 Å². The molecule has 8 nitrogen and oxygen atoms in total. The maximum absolute atomic E-state index is 12.4. The molecule has 1 aliphatic heterocycles. The molecule has 8 heteroatoms. The minimum absolute atomic E-state index is 0.113. The molecule has 1 atom stereocenters. The number of nitrogens with one attached hydrogen (secondary N) is 2. The molecule has 1 aliphatic rings. The smallest absolute Gasteiger partial charge is 0.319 e. The van der Waals surface area contributed by atoms with E-state index in [2.05, 4.69) is 10.6 Å². The molecule has 0 saturated carbocycles. The van der Waals surface area contributed by atoms with Crippen LogP contribution in [-0.2, 0) is 4.74 Å². The largest absolute Gasteiger partial charge is 0.392 e. The van der Waals surface area contributed by atoms with Crippen molar-refractivity contribution >= 4 is 23.5 Å². The summed E-state index contributed by atoms with van der Waals surface area (Å²) in [5, 5.41) is 14.2. The van der Waals surface area contributed by atoms with Gasteiger partial charge in [0.2, 0.25) is 0 Å². The third-order valence-electron chi connectivity index (χ3n) is 3.52. The van der Waals surface area contributed by atoms with Gasteiger partial charge in [0, 0.05) is 32.5 Å². The molecule has 2 rings (SSSR count). The summed E-state index contributed by atoms with van der Waals surface area (Å²) >= 11 is 0. The van der Waals surface area contributed by atoms with Crippen molar-refractivity contribution in [3.63, 3.8) is 0 Å². The van der Waals surface area contributed by atoms with Gasteiger partial charge < -0.3 is 20.5 Å². The molecule has 1 heterocycles. The summed E-state index contributed by atoms with van der Waals surface area (Å²) in [7, 11) is 1.56. The van der Waals surface area contributed by atoms with Gasteiger partial charge in [-0.1, -0.05) is 0 Å². The molecule has 0 saturated heterocycles. The third kappa shape index (κ3) is 4.09. The normalized spacial score (nSPS) is 14.5. The molecule has 0 spiro atoms. The zero-order chi connectivity index (χ0) is 17.7. The van der Waals surface area contributed by atoms with Gasteiger partial charge in [0.1, 0.15) is 0 Å². The molecule has 130 valence electrons. The fourth-order valence-electron chi connectivity index (χ4n) is 2.35. The van der Waals surface area contributed by atoms with Gasteiger partial charge in [0.25, 0.3) is 11.8 Å². The first-order chi connectivity index (χ1) is 11.4. The van der Waals surface area contributed by atoms with Crippen LogP contribution in [0.2, 0.25) is 0 Å². The lowest BCUT2D eigenvalue weighted by Gasteiger charge is -2.12. The van der Waals surface area contributed by atoms with E-state index in [0.29, 0.717) is 24.3 Å². The second-order valence-corrected chi connectivity index (χ2v) is 5.55. The van der Waals surface area contributed by atoms with Gasteiger partial charge in [-0.2, -0.15) is 0 Å². The number of ether oxygens (including phenoxy) is 1. The molecular formula is C16H21N3O5. The maximum Gasteiger partial charge on any atom is 0.319 e. The lowest BCUT2D eigenvalue weighted by molar-refractivity contribution is 0.0638. The number of nitrogens with zero attached hydrogens (tertiary/aromatic N) is 1. The van der Waals surface area contributed by atoms with Crippen LogP contribution in [0.4, 0.5) is 10.5 Å². The van der Waals surface area contributed by atoms with E-state index < -0.39 is 12.1 Å². The van der Waals surface area contributed by atoms with E-state index in [-0.39, 0.29) is 30.5 Å². The van der Waals surface area contributed by atoms with E-state index in [9.17, 15) is 14.4 Å². The van der Waals surface area contributed by atoms with Gasteiger partial charge in [0.15, 0.2) is 0 Å². The summed E-state index contributed by atoms with van der Waals surface area (Å²) in [6.07, 6.45) is -0.0925. The van der Waals surface area contributed by atoms with Crippen LogP contribution in [-0.4, -0.2) is 60.8 Å². The van der Waals surface area contributed by atoms with Gasteiger partial charge in [-0.3, -0.25) is 14.5 Å². The highest BCUT2D eigenvalue weighted by Gasteiger charge is 2.35. The second kappa shape index (κ2) is 7.89. The number of aliphatic hydroxyl groups is 1. The number of methoxy groups -OCH3 is 1. The fraction of sp³-hybridized carbons (Fsp3) is 0.438. The summed E-state index contributed by atoms with van der Waals surface area (Å²) in [6, 6.07) is 4.07. The molecule has 0 radical (unpaired) electrons. The first-order valence-corrected chi connectivity index (χ1v) is 7.66. The molecule has 1 unspecified atom stereocenters. The van der Waals surface area contributed by atoms with Crippen LogP contribution in [0.15, 0.2) is 18.2 Å². The highest BCUT2D eigenvalue weighted by atomic mass is 16.5. The standard InChI is InChI=1S/C16H21N3O5/c1-10(20)9-17-16(23)18-11-4-5-12-13(8-11)15(22)19(14(12)21)6-3-7-24-2/h4-5,8,10,20H,3,6-7,9H2,1-2H3,(H2,17,18,23). The Balaban J connectivity index is 2.06. The molecule has 1 aromatic rings. The Morgan fingerprint density at radius 3 is 2.67 bits per heavy atom. The van der Waals surface area contributed by atoms with E-state index in [1.807, 2.05) is 0 Å². The van der Waals surface area contributed by atoms with Crippen LogP contribution in [0.5, 0.6) is 0 Å². The van der Waals surface area contributed by atoms with E-state index >= 15 is 0 Å². The van der Waals surface area contributed by atoms with E-state index in [4.69, 9.17) is 9.84 Å². The molecule has 0 fully saturated rings. The number of amides is 4. The molecule has 1 aromatic carbocycles. The van der Waals surface area contributed by atoms with Crippen molar-refractivity contribution in [3.05, 3.63) is 29.3 Å². The Bertz CT molecular complexity index is 645. The van der Waals surface area contributed by atoms with Crippen LogP contribution in [0.3, 0.4) is 0 Å². The summed E-state index contributed by atoms with van der Waals surface area (Å²) in [6.45, 7) is 2.42. The molecule has 4 amide bonds. The van der Waals surface area contributed by atoms with Gasteiger partial charge >= 0.3 is 6.03 Å². The first-order valence-electron chi connectivity index (χ1n) is 7.66. The summed E-state index contributed by atoms with van der Waals surface area (Å²) in [5.41, 5.74) is 0.995. The molecular weight excluding hydrogens is 314 g/mol. The van der Waals surface area contributed by atoms with Crippen LogP contribution in [0, 0.1) is 0 Å². The molecule has 0 aromatic heterocycles. The number of carbonyl (C=O) groups excluding carboxylic acids is 3. The van der Waals surface area contributed by atoms with E-state index in [1.54, 1.807) is 20.1 Å². The number of carbonyl (C=O) groups is 3. The van der Waals surface area contributed by atoms with Gasteiger partial charge in [-0.15, -0.1) is 0 Å². The zero-order valence-electron chi connectivity index (χ0n) is 13.7. The number of hydrogen-bond acceptors (Lipinski definition) is 5. The molecule has 24 heavy (non-hydrogen) atoms. The van der Waals surface area contributed by atoms with E-state index in [1.165, 1.54) is 17.0 Å². The predicted molar refractivity (Wildman–Crippen MR) is 87.0 cm³/mol. The number of anilines is 1. The van der Waals surface area contributed by atoms with Crippen LogP contribution >= 0.6 is 0 Å². The van der Waals surface area contributed by atoms with Crippen LogP contribution < -0.4 is 10.6 Å². The van der Waals surface area contributed by atoms with Crippen molar-refractivity contribution in [2.75, 3.05) is 32.1 Å². The second-order valence-electron chi connectivity index (χ2n) is 5.55. The van der Waals surface area contributed by atoms with Crippen molar-refractivity contribution in [3.8, 4) is 0 Å². The van der Waals surface area contributed by atoms with Crippen molar-refractivity contribution in [2.45, 2.75) is 19.4 Å². The first kappa shape index (κ1) is 17.9. The van der Waals surface area contributed by atoms with Crippen molar-refractivity contribution in [1.82, 2.24) is 10.2 Å². The number of fused-ring (bicyclic) bond motifs is 1. The summed E-state index contributed by atoms with van der Waals surface area (Å²) in [5.74, 6) is -0.713. The predicted octanol–water partition coefficient (Wildman–Crippen LogP) is 0.821. The SMILES string of the molecule is COCCCN1C(=O)c2ccc(NC(=O)NCC(C)O)cc2C1=O. The third-order valence-corrected chi connectivity index (χ3v) is 3.52. The highest BCUT2D eigenvalue weighted by Crippen LogP contribution is 2.26. The summed E-state index contributed by atoms with van der Waals surface area (Å²) in [4.78, 5) is 37.5. The minimum Gasteiger partial charge on any atom is -0.392 e. The van der Waals surface area contributed by atoms with Crippen molar-refractivity contribution in [1.29, 1.82) is 0 Å². The number of hydrogen-bond donors (Lipinski definition) is 3. The Morgan fingerprint density at radius 2 is 2.00 bits per heavy atom. The van der Waals surface area contributed by atoms with Gasteiger partial charge in [-0.25, -0.2) is 4.79 Å². The number of urea groups is 1. The molecule has 0 bridgehead atoms. The topological polar surface area (TPSA) is 108 Å². The van der Waals surface area contributed by atoms with Crippen LogP contribution in [0.25, 0.3) is 0 Å². The van der Waals surface area contributed by atoms with Crippen molar-refractivity contribution < 1.29 is 24.2 Å². The fourth-order valence-corrected chi connectivity index (χ4v) is 2.35. The number of aliphatic hydroxyl groups excluding tert-OH is 1. The number of benzene rings is 1. The lowest BCUT2D eigenvalue weighted by Crippen LogP contribution is -2.34. The van der Waals surface area contributed by atoms with Gasteiger partial charge in [-0.05, 0) is 31.5 Å². The minimum atomic E-state index is -0.657. The monoisotopic (exact) mass is 335 g/mol. The van der Waals surface area contributed by atoms with Crippen LogP contribution in [0.1, 0.15) is 34.1 Å². The lowest BCUT2D eigenvalue weighted by atomic mass is 10.1.